The molecule has 25 heavy (non-hydrogen) atoms. The van der Waals surface area contributed by atoms with Crippen molar-refractivity contribution >= 4 is 22.8 Å². The molecule has 3 rings (SSSR count). The van der Waals surface area contributed by atoms with Crippen molar-refractivity contribution in [2.45, 2.75) is 32.6 Å². The van der Waals surface area contributed by atoms with Crippen molar-refractivity contribution in [1.82, 2.24) is 4.90 Å². The highest BCUT2D eigenvalue weighted by atomic mass is 16.5. The van der Waals surface area contributed by atoms with Gasteiger partial charge in [0.15, 0.2) is 11.5 Å². The Morgan fingerprint density at radius 3 is 2.72 bits per heavy atom. The maximum Gasteiger partial charge on any atom is 0.246 e. The fraction of sp³-hybridized carbons (Fsp3) is 0.381. The summed E-state index contributed by atoms with van der Waals surface area (Å²) in [5.41, 5.74) is 1.94. The fourth-order valence-electron chi connectivity index (χ4n) is 3.50. The normalized spacial score (nSPS) is 15.0. The van der Waals surface area contributed by atoms with Gasteiger partial charge in [-0.2, -0.15) is 0 Å². The summed E-state index contributed by atoms with van der Waals surface area (Å²) in [6.45, 7) is 3.73. The molecule has 4 nitrogen and oxygen atoms in total. The molecule has 0 saturated carbocycles. The third-order valence-corrected chi connectivity index (χ3v) is 4.89. The number of aromatic hydroxyl groups is 1. The number of piperidine rings is 1. The van der Waals surface area contributed by atoms with Crippen molar-refractivity contribution in [2.75, 3.05) is 20.2 Å². The van der Waals surface area contributed by atoms with E-state index in [0.717, 1.165) is 54.3 Å². The smallest absolute Gasteiger partial charge is 0.246 e. The molecule has 1 aliphatic heterocycles. The highest BCUT2D eigenvalue weighted by Crippen LogP contribution is 2.39. The molecule has 1 amide bonds. The van der Waals surface area contributed by atoms with Crippen LogP contribution in [0.1, 0.15) is 37.3 Å². The lowest BCUT2D eigenvalue weighted by atomic mass is 9.97. The van der Waals surface area contributed by atoms with E-state index in [2.05, 4.69) is 6.92 Å². The summed E-state index contributed by atoms with van der Waals surface area (Å²) < 4.78 is 5.34. The first kappa shape index (κ1) is 17.3. The number of aryl methyl sites for hydroxylation is 1. The zero-order valence-electron chi connectivity index (χ0n) is 14.9. The number of amides is 1. The molecular formula is C21H25NO3. The molecule has 0 radical (unpaired) electrons. The van der Waals surface area contributed by atoms with Gasteiger partial charge in [0.1, 0.15) is 0 Å². The Kier molecular flexibility index (Phi) is 5.27. The molecule has 0 aliphatic carbocycles. The second-order valence-corrected chi connectivity index (χ2v) is 6.43. The molecule has 1 N–H and O–H groups in total. The number of fused-ring (bicyclic) bond motifs is 1. The number of hydrogen-bond donors (Lipinski definition) is 1. The van der Waals surface area contributed by atoms with Gasteiger partial charge in [-0.15, -0.1) is 0 Å². The molecule has 1 saturated heterocycles. The molecule has 1 fully saturated rings. The van der Waals surface area contributed by atoms with Gasteiger partial charge in [-0.1, -0.05) is 25.1 Å². The van der Waals surface area contributed by atoms with Gasteiger partial charge in [0.05, 0.1) is 7.11 Å². The molecule has 0 atom stereocenters. The molecule has 0 aromatic heterocycles. The zero-order valence-corrected chi connectivity index (χ0v) is 14.9. The number of benzene rings is 2. The molecule has 2 aromatic rings. The Hall–Kier alpha value is -2.49. The predicted octanol–water partition coefficient (Wildman–Crippen LogP) is 4.14. The van der Waals surface area contributed by atoms with Crippen molar-refractivity contribution in [1.29, 1.82) is 0 Å². The Balaban J connectivity index is 2.02. The first-order valence-electron chi connectivity index (χ1n) is 8.94. The maximum absolute atomic E-state index is 12.4. The molecule has 2 aromatic carbocycles. The summed E-state index contributed by atoms with van der Waals surface area (Å²) in [7, 11) is 1.54. The number of carbonyl (C=O) groups excluding carboxylic acids is 1. The summed E-state index contributed by atoms with van der Waals surface area (Å²) in [6, 6.07) is 7.75. The van der Waals surface area contributed by atoms with Crippen LogP contribution in [0, 0.1) is 0 Å². The lowest BCUT2D eigenvalue weighted by molar-refractivity contribution is -0.126. The first-order chi connectivity index (χ1) is 12.2. The van der Waals surface area contributed by atoms with E-state index < -0.39 is 0 Å². The summed E-state index contributed by atoms with van der Waals surface area (Å²) in [4.78, 5) is 14.3. The van der Waals surface area contributed by atoms with E-state index in [9.17, 15) is 9.90 Å². The van der Waals surface area contributed by atoms with Gasteiger partial charge >= 0.3 is 0 Å². The van der Waals surface area contributed by atoms with Crippen LogP contribution in [0.4, 0.5) is 0 Å². The third kappa shape index (κ3) is 3.48. The molecule has 4 heteroatoms. The fourth-order valence-corrected chi connectivity index (χ4v) is 3.50. The van der Waals surface area contributed by atoms with E-state index in [0.29, 0.717) is 5.75 Å². The minimum Gasteiger partial charge on any atom is -0.504 e. The number of likely N-dealkylation sites (tertiary alicyclic amines) is 1. The van der Waals surface area contributed by atoms with Gasteiger partial charge in [0, 0.05) is 24.6 Å². The van der Waals surface area contributed by atoms with Gasteiger partial charge in [-0.3, -0.25) is 4.79 Å². The van der Waals surface area contributed by atoms with Gasteiger partial charge in [-0.05, 0) is 54.3 Å². The largest absolute Gasteiger partial charge is 0.504 e. The molecule has 1 aliphatic rings. The van der Waals surface area contributed by atoms with Crippen molar-refractivity contribution < 1.29 is 14.6 Å². The van der Waals surface area contributed by atoms with E-state index >= 15 is 0 Å². The zero-order chi connectivity index (χ0) is 17.8. The summed E-state index contributed by atoms with van der Waals surface area (Å²) in [5, 5.41) is 12.3. The Bertz CT molecular complexity index is 804. The van der Waals surface area contributed by atoms with Crippen molar-refractivity contribution in [3.8, 4) is 11.5 Å². The summed E-state index contributed by atoms with van der Waals surface area (Å²) >= 11 is 0. The summed E-state index contributed by atoms with van der Waals surface area (Å²) in [6.07, 6.45) is 7.64. The third-order valence-electron chi connectivity index (χ3n) is 4.89. The van der Waals surface area contributed by atoms with Gasteiger partial charge in [0.2, 0.25) is 5.91 Å². The standard InChI is InChI=1S/C21H25NO3/c1-3-15-8-7-9-17-16(14-18(25-2)21(24)20(15)17)10-11-19(23)22-12-5-4-6-13-22/h7-11,14,24H,3-6,12-13H2,1-2H3/b11-10+. The number of phenols is 1. The van der Waals surface area contributed by atoms with Crippen LogP contribution in [-0.2, 0) is 11.2 Å². The topological polar surface area (TPSA) is 49.8 Å². The van der Waals surface area contributed by atoms with Crippen molar-refractivity contribution in [3.05, 3.63) is 41.5 Å². The van der Waals surface area contributed by atoms with Gasteiger partial charge < -0.3 is 14.7 Å². The molecule has 1 heterocycles. The number of phenolic OH excluding ortho intramolecular Hbond substituents is 1. The number of nitrogens with zero attached hydrogens (tertiary/aromatic N) is 1. The molecule has 0 spiro atoms. The second-order valence-electron chi connectivity index (χ2n) is 6.43. The van der Waals surface area contributed by atoms with E-state index in [-0.39, 0.29) is 11.7 Å². The van der Waals surface area contributed by atoms with Crippen molar-refractivity contribution in [3.63, 3.8) is 0 Å². The lowest BCUT2D eigenvalue weighted by Crippen LogP contribution is -2.34. The van der Waals surface area contributed by atoms with Crippen LogP contribution in [0.15, 0.2) is 30.3 Å². The second kappa shape index (κ2) is 7.60. The average Bonchev–Trinajstić information content (AvgIpc) is 2.67. The van der Waals surface area contributed by atoms with E-state index in [1.807, 2.05) is 29.2 Å². The van der Waals surface area contributed by atoms with Crippen LogP contribution >= 0.6 is 0 Å². The maximum atomic E-state index is 12.4. The molecular weight excluding hydrogens is 314 g/mol. The highest BCUT2D eigenvalue weighted by Gasteiger charge is 2.16. The predicted molar refractivity (Wildman–Crippen MR) is 101 cm³/mol. The monoisotopic (exact) mass is 339 g/mol. The van der Waals surface area contributed by atoms with E-state index in [1.165, 1.54) is 6.42 Å². The molecule has 0 unspecified atom stereocenters. The van der Waals surface area contributed by atoms with Gasteiger partial charge in [-0.25, -0.2) is 0 Å². The van der Waals surface area contributed by atoms with Crippen LogP contribution in [0.3, 0.4) is 0 Å². The quantitative estimate of drug-likeness (QED) is 0.852. The Morgan fingerprint density at radius 1 is 1.28 bits per heavy atom. The number of methoxy groups -OCH3 is 1. The molecule has 0 bridgehead atoms. The highest BCUT2D eigenvalue weighted by molar-refractivity contribution is 6.01. The van der Waals surface area contributed by atoms with Crippen LogP contribution < -0.4 is 4.74 Å². The summed E-state index contributed by atoms with van der Waals surface area (Å²) in [5.74, 6) is 0.638. The minimum absolute atomic E-state index is 0.0477. The van der Waals surface area contributed by atoms with E-state index in [1.54, 1.807) is 19.3 Å². The number of carbonyl (C=O) groups is 1. The average molecular weight is 339 g/mol. The SMILES string of the molecule is CCc1cccc2c(/C=C/C(=O)N3CCCCC3)cc(OC)c(O)c12. The van der Waals surface area contributed by atoms with Crippen LogP contribution in [0.5, 0.6) is 11.5 Å². The van der Waals surface area contributed by atoms with Gasteiger partial charge in [0.25, 0.3) is 0 Å². The van der Waals surface area contributed by atoms with Crippen LogP contribution in [0.25, 0.3) is 16.8 Å². The minimum atomic E-state index is 0.0477. The lowest BCUT2D eigenvalue weighted by Gasteiger charge is -2.25. The first-order valence-corrected chi connectivity index (χ1v) is 8.94. The van der Waals surface area contributed by atoms with Crippen LogP contribution in [-0.4, -0.2) is 36.1 Å². The Labute approximate surface area is 148 Å². The Morgan fingerprint density at radius 2 is 2.04 bits per heavy atom. The van der Waals surface area contributed by atoms with E-state index in [4.69, 9.17) is 4.74 Å². The van der Waals surface area contributed by atoms with Crippen LogP contribution in [0.2, 0.25) is 0 Å². The van der Waals surface area contributed by atoms with Crippen molar-refractivity contribution in [2.24, 2.45) is 0 Å². The number of rotatable bonds is 4. The number of hydrogen-bond acceptors (Lipinski definition) is 3. The number of ether oxygens (including phenoxy) is 1. The molecule has 132 valence electrons.